The summed E-state index contributed by atoms with van der Waals surface area (Å²) in [7, 11) is 0. The van der Waals surface area contributed by atoms with Gasteiger partial charge in [-0.1, -0.05) is 0 Å². The van der Waals surface area contributed by atoms with Crippen molar-refractivity contribution < 1.29 is 44.1 Å². The van der Waals surface area contributed by atoms with E-state index >= 15 is 0 Å². The van der Waals surface area contributed by atoms with Crippen molar-refractivity contribution in [2.24, 2.45) is 27.9 Å². The standard InChI is InChI=1S/C18H32N8O9/c1-7(27)13(26-14(31)8(19)5-12(29)30)16(33)24-9(3-2-4-23-18(21)22)15(32)25-10(17(34)35)6-11(20)28/h7-10,13,27H,2-6,19H2,1H3,(H2,20,28)(H,24,33)(H,25,32)(H,26,31)(H,29,30)(H,34,35)(H4,21,22,23). The number of primary amides is 1. The van der Waals surface area contributed by atoms with Crippen molar-refractivity contribution in [2.45, 2.75) is 62.9 Å². The molecule has 0 saturated carbocycles. The van der Waals surface area contributed by atoms with Crippen molar-refractivity contribution in [3.05, 3.63) is 0 Å². The Bertz CT molecular complexity index is 829. The average Bonchev–Trinajstić information content (AvgIpc) is 2.71. The number of aliphatic imine (C=N–C) groups is 1. The van der Waals surface area contributed by atoms with Gasteiger partial charge in [-0.05, 0) is 19.8 Å². The van der Waals surface area contributed by atoms with Crippen LogP contribution in [0, 0.1) is 0 Å². The lowest BCUT2D eigenvalue weighted by Gasteiger charge is -2.26. The monoisotopic (exact) mass is 504 g/mol. The Hall–Kier alpha value is -3.99. The molecule has 5 atom stereocenters. The van der Waals surface area contributed by atoms with Gasteiger partial charge in [-0.25, -0.2) is 4.79 Å². The summed E-state index contributed by atoms with van der Waals surface area (Å²) in [6.07, 6.45) is -2.94. The number of aliphatic carboxylic acids is 2. The van der Waals surface area contributed by atoms with Gasteiger partial charge in [0.2, 0.25) is 23.6 Å². The fourth-order valence-corrected chi connectivity index (χ4v) is 2.65. The number of nitrogens with zero attached hydrogens (tertiary/aromatic N) is 1. The Morgan fingerprint density at radius 2 is 1.43 bits per heavy atom. The van der Waals surface area contributed by atoms with Gasteiger partial charge in [-0.3, -0.25) is 29.0 Å². The number of hydrogen-bond acceptors (Lipinski definition) is 9. The van der Waals surface area contributed by atoms with Crippen LogP contribution in [0.4, 0.5) is 0 Å². The van der Waals surface area contributed by atoms with Crippen LogP contribution in [-0.4, -0.2) is 93.7 Å². The molecule has 5 unspecified atom stereocenters. The van der Waals surface area contributed by atoms with Gasteiger partial charge in [0, 0.05) is 6.54 Å². The van der Waals surface area contributed by atoms with Crippen molar-refractivity contribution in [3.8, 4) is 0 Å². The van der Waals surface area contributed by atoms with Crippen molar-refractivity contribution in [3.63, 3.8) is 0 Å². The molecule has 17 heteroatoms. The van der Waals surface area contributed by atoms with Crippen molar-refractivity contribution in [1.82, 2.24) is 16.0 Å². The van der Waals surface area contributed by atoms with Crippen molar-refractivity contribution >= 4 is 41.5 Å². The van der Waals surface area contributed by atoms with Crippen LogP contribution >= 0.6 is 0 Å². The zero-order chi connectivity index (χ0) is 27.3. The van der Waals surface area contributed by atoms with E-state index in [4.69, 9.17) is 28.0 Å². The first kappa shape index (κ1) is 31.0. The van der Waals surface area contributed by atoms with Crippen LogP contribution in [-0.2, 0) is 28.8 Å². The maximum atomic E-state index is 12.7. The molecular formula is C18H32N8O9. The Balaban J connectivity index is 5.60. The first-order valence-corrected chi connectivity index (χ1v) is 10.3. The van der Waals surface area contributed by atoms with Crippen LogP contribution in [0.2, 0.25) is 0 Å². The predicted octanol–water partition coefficient (Wildman–Crippen LogP) is -5.36. The molecule has 0 aliphatic carbocycles. The van der Waals surface area contributed by atoms with Gasteiger partial charge < -0.3 is 54.2 Å². The predicted molar refractivity (Wildman–Crippen MR) is 119 cm³/mol. The number of rotatable bonds is 16. The highest BCUT2D eigenvalue weighted by atomic mass is 16.4. The molecule has 35 heavy (non-hydrogen) atoms. The average molecular weight is 505 g/mol. The van der Waals surface area contributed by atoms with Crippen molar-refractivity contribution in [2.75, 3.05) is 6.54 Å². The molecule has 0 heterocycles. The van der Waals surface area contributed by atoms with E-state index < -0.39 is 78.7 Å². The number of carboxylic acid groups (broad SMARTS) is 2. The molecular weight excluding hydrogens is 472 g/mol. The third kappa shape index (κ3) is 12.7. The van der Waals surface area contributed by atoms with Gasteiger partial charge >= 0.3 is 11.9 Å². The van der Waals surface area contributed by atoms with E-state index in [0.29, 0.717) is 0 Å². The van der Waals surface area contributed by atoms with E-state index in [2.05, 4.69) is 20.9 Å². The molecule has 0 aliphatic rings. The fourth-order valence-electron chi connectivity index (χ4n) is 2.65. The zero-order valence-corrected chi connectivity index (χ0v) is 19.0. The number of nitrogens with one attached hydrogen (secondary N) is 3. The van der Waals surface area contributed by atoms with Crippen LogP contribution in [0.25, 0.3) is 0 Å². The van der Waals surface area contributed by atoms with Gasteiger partial charge in [0.05, 0.1) is 25.0 Å². The maximum absolute atomic E-state index is 12.7. The second kappa shape index (κ2) is 15.0. The molecule has 0 fully saturated rings. The lowest BCUT2D eigenvalue weighted by molar-refractivity contribution is -0.144. The number of aliphatic hydroxyl groups excluding tert-OH is 1. The van der Waals surface area contributed by atoms with Crippen LogP contribution in [0.1, 0.15) is 32.6 Å². The molecule has 0 aromatic rings. The molecule has 0 spiro atoms. The molecule has 17 nitrogen and oxygen atoms in total. The van der Waals surface area contributed by atoms with Gasteiger partial charge in [-0.15, -0.1) is 0 Å². The van der Waals surface area contributed by atoms with E-state index in [1.807, 2.05) is 0 Å². The molecule has 198 valence electrons. The molecule has 0 rings (SSSR count). The summed E-state index contributed by atoms with van der Waals surface area (Å²) in [4.78, 5) is 74.4. The first-order valence-electron chi connectivity index (χ1n) is 10.3. The van der Waals surface area contributed by atoms with Gasteiger partial charge in [-0.2, -0.15) is 0 Å². The summed E-state index contributed by atoms with van der Waals surface area (Å²) in [5, 5.41) is 34.3. The third-order valence-corrected chi connectivity index (χ3v) is 4.39. The van der Waals surface area contributed by atoms with E-state index in [0.717, 1.165) is 6.92 Å². The van der Waals surface area contributed by atoms with E-state index in [-0.39, 0.29) is 25.3 Å². The highest BCUT2D eigenvalue weighted by molar-refractivity contribution is 5.95. The number of aliphatic hydroxyl groups is 1. The summed E-state index contributed by atoms with van der Waals surface area (Å²) < 4.78 is 0. The number of carboxylic acids is 2. The van der Waals surface area contributed by atoms with Gasteiger partial charge in [0.1, 0.15) is 18.1 Å². The molecule has 14 N–H and O–H groups in total. The third-order valence-electron chi connectivity index (χ3n) is 4.39. The Morgan fingerprint density at radius 1 is 0.857 bits per heavy atom. The molecule has 0 aliphatic heterocycles. The first-order chi connectivity index (χ1) is 16.1. The number of hydrogen-bond donors (Lipinski definition) is 10. The summed E-state index contributed by atoms with van der Waals surface area (Å²) in [6, 6.07) is -6.25. The topological polar surface area (TPSA) is 316 Å². The highest BCUT2D eigenvalue weighted by Gasteiger charge is 2.33. The number of carbonyl (C=O) groups is 6. The van der Waals surface area contributed by atoms with Crippen LogP contribution < -0.4 is 38.9 Å². The van der Waals surface area contributed by atoms with E-state index in [9.17, 15) is 39.0 Å². The molecule has 0 radical (unpaired) electrons. The maximum Gasteiger partial charge on any atom is 0.326 e. The summed E-state index contributed by atoms with van der Waals surface area (Å²) in [5.74, 6) is -7.25. The van der Waals surface area contributed by atoms with Crippen LogP contribution in [0.3, 0.4) is 0 Å². The molecule has 4 amide bonds. The second-order valence-electron chi connectivity index (χ2n) is 7.51. The zero-order valence-electron chi connectivity index (χ0n) is 19.0. The molecule has 0 bridgehead atoms. The normalized spacial score (nSPS) is 14.8. The van der Waals surface area contributed by atoms with Crippen LogP contribution in [0.15, 0.2) is 4.99 Å². The van der Waals surface area contributed by atoms with E-state index in [1.54, 1.807) is 0 Å². The summed E-state index contributed by atoms with van der Waals surface area (Å²) in [6.45, 7) is 1.20. The Kier molecular flexibility index (Phi) is 13.3. The highest BCUT2D eigenvalue weighted by Crippen LogP contribution is 2.04. The quantitative estimate of drug-likeness (QED) is 0.0535. The number of amides is 4. The molecule has 0 aromatic carbocycles. The SMILES string of the molecule is CC(O)C(NC(=O)C(N)CC(=O)O)C(=O)NC(CCCN=C(N)N)C(=O)NC(CC(N)=O)C(=O)O. The number of nitrogens with two attached hydrogens (primary N) is 4. The fraction of sp³-hybridized carbons (Fsp3) is 0.611. The minimum Gasteiger partial charge on any atom is -0.481 e. The molecule has 0 aromatic heterocycles. The lowest BCUT2D eigenvalue weighted by atomic mass is 10.1. The number of guanidine groups is 1. The largest absolute Gasteiger partial charge is 0.481 e. The number of carbonyl (C=O) groups excluding carboxylic acids is 4. The lowest BCUT2D eigenvalue weighted by Crippen LogP contribution is -2.60. The van der Waals surface area contributed by atoms with Gasteiger partial charge in [0.15, 0.2) is 5.96 Å². The van der Waals surface area contributed by atoms with Crippen molar-refractivity contribution in [1.29, 1.82) is 0 Å². The second-order valence-corrected chi connectivity index (χ2v) is 7.51. The summed E-state index contributed by atoms with van der Waals surface area (Å²) in [5.41, 5.74) is 20.9. The Labute approximate surface area is 199 Å². The molecule has 0 saturated heterocycles. The van der Waals surface area contributed by atoms with Crippen LogP contribution in [0.5, 0.6) is 0 Å². The van der Waals surface area contributed by atoms with Gasteiger partial charge in [0.25, 0.3) is 0 Å². The smallest absolute Gasteiger partial charge is 0.326 e. The summed E-state index contributed by atoms with van der Waals surface area (Å²) >= 11 is 0. The van der Waals surface area contributed by atoms with E-state index in [1.165, 1.54) is 0 Å². The Morgan fingerprint density at radius 3 is 1.89 bits per heavy atom. The minimum atomic E-state index is -1.68. The minimum absolute atomic E-state index is 0.0479.